The minimum atomic E-state index is -0.313. The molecule has 0 N–H and O–H groups in total. The second kappa shape index (κ2) is 3.81. The number of rotatable bonds is 1. The van der Waals surface area contributed by atoms with Gasteiger partial charge in [-0.15, -0.1) is 0 Å². The molecule has 0 spiro atoms. The van der Waals surface area contributed by atoms with Crippen LogP contribution in [0.15, 0.2) is 36.4 Å². The van der Waals surface area contributed by atoms with Crippen molar-refractivity contribution in [3.05, 3.63) is 59.7 Å². The van der Waals surface area contributed by atoms with E-state index in [4.69, 9.17) is 0 Å². The van der Waals surface area contributed by atoms with Gasteiger partial charge < -0.3 is 0 Å². The standard InChI is InChI=1S/C13H9F2/c1-9-7-12(15)5-6-13(9)10-3-2-4-11(14)8-10/h2,4-8H,1H3. The minimum absolute atomic E-state index is 0.285. The lowest BCUT2D eigenvalue weighted by molar-refractivity contribution is 0.626. The summed E-state index contributed by atoms with van der Waals surface area (Å²) in [6.45, 7) is 1.79. The van der Waals surface area contributed by atoms with Gasteiger partial charge in [0.1, 0.15) is 11.6 Å². The summed E-state index contributed by atoms with van der Waals surface area (Å²) in [5.74, 6) is -0.597. The van der Waals surface area contributed by atoms with Gasteiger partial charge >= 0.3 is 0 Å². The molecule has 0 aromatic heterocycles. The van der Waals surface area contributed by atoms with E-state index in [1.165, 1.54) is 30.3 Å². The summed E-state index contributed by atoms with van der Waals surface area (Å²) >= 11 is 0. The third-order valence-corrected chi connectivity index (χ3v) is 2.24. The summed E-state index contributed by atoms with van der Waals surface area (Å²) in [7, 11) is 0. The van der Waals surface area contributed by atoms with E-state index in [1.807, 2.05) is 0 Å². The van der Waals surface area contributed by atoms with Gasteiger partial charge in [-0.1, -0.05) is 12.1 Å². The number of aryl methyl sites for hydroxylation is 1. The van der Waals surface area contributed by atoms with Gasteiger partial charge in [0.15, 0.2) is 0 Å². The zero-order valence-electron chi connectivity index (χ0n) is 8.22. The largest absolute Gasteiger partial charge is 0.207 e. The highest BCUT2D eigenvalue weighted by Gasteiger charge is 2.03. The number of hydrogen-bond acceptors (Lipinski definition) is 0. The molecule has 0 atom stereocenters. The highest BCUT2D eigenvalue weighted by Crippen LogP contribution is 2.23. The van der Waals surface area contributed by atoms with E-state index in [9.17, 15) is 8.78 Å². The SMILES string of the molecule is Cc1cc(F)ccc1-c1[c]ccc(F)c1. The zero-order chi connectivity index (χ0) is 10.8. The third-order valence-electron chi connectivity index (χ3n) is 2.24. The van der Waals surface area contributed by atoms with Crippen molar-refractivity contribution in [1.29, 1.82) is 0 Å². The Kier molecular flexibility index (Phi) is 2.50. The molecule has 0 bridgehead atoms. The van der Waals surface area contributed by atoms with Crippen molar-refractivity contribution in [2.24, 2.45) is 0 Å². The van der Waals surface area contributed by atoms with Crippen LogP contribution in [0.5, 0.6) is 0 Å². The van der Waals surface area contributed by atoms with Crippen molar-refractivity contribution in [3.63, 3.8) is 0 Å². The Morgan fingerprint density at radius 3 is 2.40 bits per heavy atom. The van der Waals surface area contributed by atoms with Crippen molar-refractivity contribution in [1.82, 2.24) is 0 Å². The molecule has 0 saturated heterocycles. The molecule has 0 aliphatic carbocycles. The lowest BCUT2D eigenvalue weighted by Gasteiger charge is -2.05. The number of hydrogen-bond donors (Lipinski definition) is 0. The Labute approximate surface area is 87.2 Å². The topological polar surface area (TPSA) is 0 Å². The molecular formula is C13H9F2. The van der Waals surface area contributed by atoms with Gasteiger partial charge in [0.25, 0.3) is 0 Å². The normalized spacial score (nSPS) is 10.3. The first kappa shape index (κ1) is 9.84. The van der Waals surface area contributed by atoms with Gasteiger partial charge in [-0.25, -0.2) is 8.78 Å². The molecule has 2 rings (SSSR count). The summed E-state index contributed by atoms with van der Waals surface area (Å²) in [5, 5.41) is 0. The Hall–Kier alpha value is -1.70. The molecule has 2 heteroatoms. The van der Waals surface area contributed by atoms with Crippen molar-refractivity contribution in [3.8, 4) is 11.1 Å². The maximum Gasteiger partial charge on any atom is 0.123 e. The van der Waals surface area contributed by atoms with Crippen molar-refractivity contribution < 1.29 is 8.78 Å². The quantitative estimate of drug-likeness (QED) is 0.662. The van der Waals surface area contributed by atoms with Crippen LogP contribution in [-0.4, -0.2) is 0 Å². The molecule has 0 aliphatic heterocycles. The first-order valence-electron chi connectivity index (χ1n) is 4.60. The molecule has 1 radical (unpaired) electrons. The molecule has 2 aromatic rings. The van der Waals surface area contributed by atoms with Gasteiger partial charge in [0.2, 0.25) is 0 Å². The monoisotopic (exact) mass is 203 g/mol. The van der Waals surface area contributed by atoms with E-state index in [0.717, 1.165) is 11.1 Å². The Balaban J connectivity index is 2.54. The van der Waals surface area contributed by atoms with E-state index < -0.39 is 0 Å². The predicted octanol–water partition coefficient (Wildman–Crippen LogP) is 3.74. The van der Waals surface area contributed by atoms with Crippen LogP contribution in [0, 0.1) is 24.6 Å². The van der Waals surface area contributed by atoms with E-state index in [-0.39, 0.29) is 11.6 Å². The summed E-state index contributed by atoms with van der Waals surface area (Å²) < 4.78 is 25.8. The summed E-state index contributed by atoms with van der Waals surface area (Å²) in [5.41, 5.74) is 2.22. The van der Waals surface area contributed by atoms with Gasteiger partial charge in [-0.2, -0.15) is 0 Å². The average molecular weight is 203 g/mol. The number of benzene rings is 2. The van der Waals surface area contributed by atoms with E-state index >= 15 is 0 Å². The fraction of sp³-hybridized carbons (Fsp3) is 0.0769. The Bertz CT molecular complexity index is 490. The fourth-order valence-electron chi connectivity index (χ4n) is 1.52. The number of halogens is 2. The van der Waals surface area contributed by atoms with Crippen LogP contribution in [0.4, 0.5) is 8.78 Å². The minimum Gasteiger partial charge on any atom is -0.207 e. The molecule has 75 valence electrons. The maximum absolute atomic E-state index is 13.0. The van der Waals surface area contributed by atoms with Gasteiger partial charge in [-0.3, -0.25) is 0 Å². The second-order valence-corrected chi connectivity index (χ2v) is 3.38. The lowest BCUT2D eigenvalue weighted by atomic mass is 10.0. The smallest absolute Gasteiger partial charge is 0.123 e. The van der Waals surface area contributed by atoms with Crippen LogP contribution < -0.4 is 0 Å². The molecule has 0 saturated carbocycles. The first-order chi connectivity index (χ1) is 7.16. The van der Waals surface area contributed by atoms with Crippen LogP contribution in [0.3, 0.4) is 0 Å². The molecule has 15 heavy (non-hydrogen) atoms. The van der Waals surface area contributed by atoms with Crippen molar-refractivity contribution >= 4 is 0 Å². The maximum atomic E-state index is 13.0. The van der Waals surface area contributed by atoms with Gasteiger partial charge in [0, 0.05) is 0 Å². The average Bonchev–Trinajstić information content (AvgIpc) is 2.17. The fourth-order valence-corrected chi connectivity index (χ4v) is 1.52. The van der Waals surface area contributed by atoms with E-state index in [1.54, 1.807) is 13.0 Å². The van der Waals surface area contributed by atoms with Crippen molar-refractivity contribution in [2.45, 2.75) is 6.92 Å². The molecule has 0 heterocycles. The Morgan fingerprint density at radius 1 is 1.00 bits per heavy atom. The van der Waals surface area contributed by atoms with Crippen LogP contribution >= 0.6 is 0 Å². The van der Waals surface area contributed by atoms with Crippen LogP contribution in [0.2, 0.25) is 0 Å². The molecule has 0 aliphatic rings. The highest BCUT2D eigenvalue weighted by atomic mass is 19.1. The lowest BCUT2D eigenvalue weighted by Crippen LogP contribution is -1.86. The highest BCUT2D eigenvalue weighted by molar-refractivity contribution is 5.66. The third kappa shape index (κ3) is 2.04. The van der Waals surface area contributed by atoms with Crippen LogP contribution in [0.25, 0.3) is 11.1 Å². The molecular weight excluding hydrogens is 194 g/mol. The van der Waals surface area contributed by atoms with Crippen LogP contribution in [0.1, 0.15) is 5.56 Å². The summed E-state index contributed by atoms with van der Waals surface area (Å²) in [6, 6.07) is 11.6. The Morgan fingerprint density at radius 2 is 1.73 bits per heavy atom. The second-order valence-electron chi connectivity index (χ2n) is 3.38. The molecule has 0 unspecified atom stereocenters. The zero-order valence-corrected chi connectivity index (χ0v) is 8.22. The molecule has 0 amide bonds. The van der Waals surface area contributed by atoms with E-state index in [2.05, 4.69) is 6.07 Å². The van der Waals surface area contributed by atoms with Gasteiger partial charge in [0.05, 0.1) is 0 Å². The first-order valence-corrected chi connectivity index (χ1v) is 4.60. The van der Waals surface area contributed by atoms with E-state index in [0.29, 0.717) is 5.56 Å². The predicted molar refractivity (Wildman–Crippen MR) is 55.4 cm³/mol. The molecule has 0 fully saturated rings. The van der Waals surface area contributed by atoms with Crippen molar-refractivity contribution in [2.75, 3.05) is 0 Å². The summed E-state index contributed by atoms with van der Waals surface area (Å²) in [4.78, 5) is 0. The summed E-state index contributed by atoms with van der Waals surface area (Å²) in [6.07, 6.45) is 0. The molecule has 2 aromatic carbocycles. The van der Waals surface area contributed by atoms with Crippen LogP contribution in [-0.2, 0) is 0 Å². The van der Waals surface area contributed by atoms with Gasteiger partial charge in [-0.05, 0) is 53.9 Å². The molecule has 0 nitrogen and oxygen atoms in total.